The van der Waals surface area contributed by atoms with Crippen LogP contribution in [0, 0.1) is 47.3 Å². The molecular formula is C52H71N7O5. The van der Waals surface area contributed by atoms with Crippen LogP contribution in [0.25, 0.3) is 0 Å². The number of nitrogens with one attached hydrogen (secondary N) is 1. The van der Waals surface area contributed by atoms with E-state index in [9.17, 15) is 19.2 Å². The van der Waals surface area contributed by atoms with E-state index < -0.39 is 18.2 Å². The molecule has 4 heterocycles. The van der Waals surface area contributed by atoms with E-state index in [0.29, 0.717) is 25.1 Å². The number of hydrogen-bond acceptors (Lipinski definition) is 9. The Bertz CT molecular complexity index is 2160. The molecule has 3 amide bonds. The van der Waals surface area contributed by atoms with Crippen molar-refractivity contribution < 1.29 is 23.9 Å². The normalized spacial score (nSPS) is 23.3. The molecule has 1 saturated heterocycles. The third-order valence-electron chi connectivity index (χ3n) is 13.9. The number of aromatic nitrogens is 2. The summed E-state index contributed by atoms with van der Waals surface area (Å²) < 4.78 is 4.88. The van der Waals surface area contributed by atoms with E-state index in [-0.39, 0.29) is 59.1 Å². The van der Waals surface area contributed by atoms with E-state index in [0.717, 1.165) is 110 Å². The maximum Gasteiger partial charge on any atom is 0.407 e. The van der Waals surface area contributed by atoms with Gasteiger partial charge in [-0.2, -0.15) is 0 Å². The van der Waals surface area contributed by atoms with E-state index in [1.807, 2.05) is 51.7 Å². The maximum absolute atomic E-state index is 14.2. The summed E-state index contributed by atoms with van der Waals surface area (Å²) in [5.41, 5.74) is 7.65. The zero-order valence-electron chi connectivity index (χ0n) is 39.8. The molecule has 6 rings (SSSR count). The first-order valence-electron chi connectivity index (χ1n) is 24.0. The number of aliphatic imine (C=N–C) groups is 2. The van der Waals surface area contributed by atoms with Crippen molar-refractivity contribution in [1.82, 2.24) is 25.1 Å². The molecule has 344 valence electrons. The van der Waals surface area contributed by atoms with Crippen LogP contribution < -0.4 is 5.32 Å². The van der Waals surface area contributed by atoms with E-state index in [1.54, 1.807) is 24.3 Å². The van der Waals surface area contributed by atoms with Crippen molar-refractivity contribution in [2.45, 2.75) is 150 Å². The Morgan fingerprint density at radius 1 is 0.922 bits per heavy atom. The minimum absolute atomic E-state index is 0.00636. The summed E-state index contributed by atoms with van der Waals surface area (Å²) in [5.74, 6) is 6.79. The van der Waals surface area contributed by atoms with Crippen LogP contribution in [-0.4, -0.2) is 93.7 Å². The Morgan fingerprint density at radius 3 is 2.42 bits per heavy atom. The lowest BCUT2D eigenvalue weighted by molar-refractivity contribution is -0.146. The number of methoxy groups -OCH3 is 1. The highest BCUT2D eigenvalue weighted by Crippen LogP contribution is 2.41. The number of likely N-dealkylation sites (tertiary alicyclic amines) is 1. The van der Waals surface area contributed by atoms with Crippen LogP contribution in [0.2, 0.25) is 0 Å². The second-order valence-electron chi connectivity index (χ2n) is 19.2. The molecule has 12 nitrogen and oxygen atoms in total. The van der Waals surface area contributed by atoms with Crippen molar-refractivity contribution in [3.63, 3.8) is 0 Å². The number of ether oxygens (including phenoxy) is 1. The van der Waals surface area contributed by atoms with Gasteiger partial charge in [-0.15, -0.1) is 0 Å². The van der Waals surface area contributed by atoms with Gasteiger partial charge in [0.25, 0.3) is 0 Å². The van der Waals surface area contributed by atoms with Crippen LogP contribution in [0.4, 0.5) is 10.5 Å². The number of alkyl carbamates (subject to hydrolysis) is 1. The smallest absolute Gasteiger partial charge is 0.407 e. The second kappa shape index (κ2) is 22.1. The lowest BCUT2D eigenvalue weighted by Crippen LogP contribution is -2.54. The van der Waals surface area contributed by atoms with Crippen LogP contribution in [0.5, 0.6) is 0 Å². The number of Topliss-reactive ketones (excluding diaryl/α,β-unsaturated/α-hetero) is 1. The van der Waals surface area contributed by atoms with Crippen molar-refractivity contribution in [1.29, 1.82) is 0 Å². The Balaban J connectivity index is 1.10. The standard InChI is InChI=1S/C52H71N7O5/c1-10-45(60)58(8)49(33(4)5)51(62)59-28-14-21-44(59)43-20-13-17-37-29-36(23-27-42(37)56-43)22-24-39-30-54-40(31-53-39)26-25-38-18-11-16-35(7)48(55-38)41-19-12-15-34(6)46(41)50(61)47(32(2)3)57-52(63)64-9/h18,23,27,29-35,41,44,46-47,49H,10-17,19-21,25-26,28H2,1-9H3,(H,57,63). The van der Waals surface area contributed by atoms with Crippen LogP contribution >= 0.6 is 0 Å². The molecule has 1 aromatic heterocycles. The predicted octanol–water partition coefficient (Wildman–Crippen LogP) is 8.86. The fourth-order valence-corrected chi connectivity index (χ4v) is 10.4. The Kier molecular flexibility index (Phi) is 16.7. The summed E-state index contributed by atoms with van der Waals surface area (Å²) >= 11 is 0. The number of nitrogens with zero attached hydrogens (tertiary/aromatic N) is 6. The zero-order valence-corrected chi connectivity index (χ0v) is 39.8. The number of allylic oxidation sites excluding steroid dienone is 2. The van der Waals surface area contributed by atoms with Gasteiger partial charge in [-0.25, -0.2) is 9.78 Å². The molecule has 7 unspecified atom stereocenters. The summed E-state index contributed by atoms with van der Waals surface area (Å²) in [4.78, 5) is 76.6. The number of rotatable bonds is 13. The second-order valence-corrected chi connectivity index (χ2v) is 19.2. The highest BCUT2D eigenvalue weighted by molar-refractivity contribution is 5.98. The van der Waals surface area contributed by atoms with Crippen LogP contribution in [0.15, 0.2) is 52.4 Å². The van der Waals surface area contributed by atoms with E-state index in [1.165, 1.54) is 7.11 Å². The van der Waals surface area contributed by atoms with Crippen molar-refractivity contribution >= 4 is 40.8 Å². The molecule has 7 atom stereocenters. The van der Waals surface area contributed by atoms with Crippen LogP contribution in [0.3, 0.4) is 0 Å². The van der Waals surface area contributed by atoms with Gasteiger partial charge in [-0.05, 0) is 124 Å². The quantitative estimate of drug-likeness (QED) is 0.198. The average Bonchev–Trinajstić information content (AvgIpc) is 3.58. The molecule has 0 bridgehead atoms. The third kappa shape index (κ3) is 11.5. The highest BCUT2D eigenvalue weighted by Gasteiger charge is 2.44. The predicted molar refractivity (Wildman–Crippen MR) is 252 cm³/mol. The first-order chi connectivity index (χ1) is 30.7. The number of aryl methyl sites for hydroxylation is 2. The highest BCUT2D eigenvalue weighted by atomic mass is 16.5. The van der Waals surface area contributed by atoms with E-state index in [2.05, 4.69) is 48.1 Å². The maximum atomic E-state index is 14.2. The molecule has 3 aliphatic heterocycles. The molecule has 64 heavy (non-hydrogen) atoms. The summed E-state index contributed by atoms with van der Waals surface area (Å²) in [6.45, 7) is 14.9. The molecule has 2 aromatic rings. The number of carbonyl (C=O) groups is 4. The van der Waals surface area contributed by atoms with Gasteiger partial charge in [-0.1, -0.05) is 66.9 Å². The molecule has 0 spiro atoms. The molecule has 12 heteroatoms. The molecule has 0 radical (unpaired) electrons. The lowest BCUT2D eigenvalue weighted by Gasteiger charge is -2.40. The lowest BCUT2D eigenvalue weighted by atomic mass is 9.65. The van der Waals surface area contributed by atoms with Crippen molar-refractivity contribution in [2.75, 3.05) is 20.7 Å². The Morgan fingerprint density at radius 2 is 1.72 bits per heavy atom. The van der Waals surface area contributed by atoms with E-state index >= 15 is 0 Å². The van der Waals surface area contributed by atoms with Crippen molar-refractivity contribution in [2.24, 2.45) is 45.5 Å². The number of carbonyl (C=O) groups excluding carboxylic acids is 4. The molecule has 2 fully saturated rings. The summed E-state index contributed by atoms with van der Waals surface area (Å²) in [6, 6.07) is 5.01. The largest absolute Gasteiger partial charge is 0.453 e. The number of ketones is 1. The first-order valence-corrected chi connectivity index (χ1v) is 24.0. The fourth-order valence-electron chi connectivity index (χ4n) is 10.4. The number of benzene rings is 1. The van der Waals surface area contributed by atoms with Crippen molar-refractivity contribution in [3.8, 4) is 11.8 Å². The third-order valence-corrected chi connectivity index (χ3v) is 13.9. The average molecular weight is 874 g/mol. The number of likely N-dealkylation sites (N-methyl/N-ethyl adjacent to an activating group) is 1. The fraction of sp³-hybridized carbons (Fsp3) is 0.615. The molecule has 1 saturated carbocycles. The van der Waals surface area contributed by atoms with E-state index in [4.69, 9.17) is 19.7 Å². The first kappa shape index (κ1) is 48.3. The monoisotopic (exact) mass is 874 g/mol. The number of amides is 3. The van der Waals surface area contributed by atoms with Crippen LogP contribution in [0.1, 0.15) is 142 Å². The minimum atomic E-state index is -0.611. The topological polar surface area (TPSA) is 147 Å². The zero-order chi connectivity index (χ0) is 46.1. The number of hydrogen-bond donors (Lipinski definition) is 1. The summed E-state index contributed by atoms with van der Waals surface area (Å²) in [5, 5.41) is 2.83. The molecular weight excluding hydrogens is 803 g/mol. The SMILES string of the molecule is CCC(=O)N(C)C(C(=O)N1CCCC1C1=Nc2ccc(C#Cc3cnc(CCC4=CCCC(C)C(C5CCCC(C)C5C(=O)C(NC(=O)OC)C(C)C)=N4)cn3)cc2CCC1)C(C)C. The van der Waals surface area contributed by atoms with Crippen LogP contribution in [-0.2, 0) is 32.0 Å². The Labute approximate surface area is 381 Å². The van der Waals surface area contributed by atoms with Gasteiger partial charge in [0.1, 0.15) is 11.7 Å². The molecule has 1 aromatic carbocycles. The van der Waals surface area contributed by atoms with Gasteiger partial charge in [-0.3, -0.25) is 29.4 Å². The van der Waals surface area contributed by atoms with Gasteiger partial charge in [0.2, 0.25) is 11.8 Å². The van der Waals surface area contributed by atoms with Gasteiger partial charge in [0.15, 0.2) is 5.78 Å². The molecule has 1 N–H and O–H groups in total. The summed E-state index contributed by atoms with van der Waals surface area (Å²) in [6.07, 6.45) is 16.3. The molecule has 4 aliphatic rings. The van der Waals surface area contributed by atoms with Gasteiger partial charge in [0.05, 0.1) is 36.8 Å². The molecule has 1 aliphatic carbocycles. The Hall–Kier alpha value is -5.18. The van der Waals surface area contributed by atoms with Gasteiger partial charge in [0, 0.05) is 60.7 Å². The number of fused-ring (bicyclic) bond motifs is 1. The van der Waals surface area contributed by atoms with Gasteiger partial charge < -0.3 is 19.9 Å². The van der Waals surface area contributed by atoms with Gasteiger partial charge >= 0.3 is 6.09 Å². The summed E-state index contributed by atoms with van der Waals surface area (Å²) in [7, 11) is 3.08. The minimum Gasteiger partial charge on any atom is -0.453 e. The van der Waals surface area contributed by atoms with Crippen molar-refractivity contribution in [3.05, 3.63) is 64.9 Å².